The summed E-state index contributed by atoms with van der Waals surface area (Å²) in [5.41, 5.74) is 2.32. The van der Waals surface area contributed by atoms with Gasteiger partial charge >= 0.3 is 12.3 Å². The molecule has 1 N–H and O–H groups in total. The number of fused-ring (bicyclic) bond motifs is 1. The number of hydrogen-bond donors (Lipinski definition) is 1. The van der Waals surface area contributed by atoms with Crippen LogP contribution in [-0.4, -0.2) is 65.6 Å². The van der Waals surface area contributed by atoms with E-state index in [0.29, 0.717) is 36.6 Å². The summed E-state index contributed by atoms with van der Waals surface area (Å²) in [5, 5.41) is 0. The summed E-state index contributed by atoms with van der Waals surface area (Å²) < 4.78 is 67.6. The van der Waals surface area contributed by atoms with Crippen molar-refractivity contribution < 1.29 is 32.0 Å². The summed E-state index contributed by atoms with van der Waals surface area (Å²) >= 11 is -1.49. The van der Waals surface area contributed by atoms with Gasteiger partial charge in [0.2, 0.25) is 5.65 Å². The van der Waals surface area contributed by atoms with Crippen LogP contribution in [0.2, 0.25) is 0 Å². The zero-order valence-electron chi connectivity index (χ0n) is 29.0. The highest BCUT2D eigenvalue weighted by Gasteiger charge is 2.33. The predicted molar refractivity (Wildman–Crippen MR) is 179 cm³/mol. The standard InChI is InChI=1S/C34H50F3N5O4S/c1-10-42(31(43)46-32(4,5)6)24(3)25-12-11-13-26(21-25)28-22-41-18-17-38-29(41)30(39-28)45-19-15-23(2)20-27(14-16-34(35,36)37)40-47(44)33(7,8)9/h11-13,17-18,21-24,27,40H,10,14-16,19-20H2,1-9H3/t23?,24-,27?,47?/m1/s1. The normalized spacial score (nSPS) is 15.3. The van der Waals surface area contributed by atoms with Gasteiger partial charge in [0.15, 0.2) is 0 Å². The maximum Gasteiger partial charge on any atom is 0.410 e. The van der Waals surface area contributed by atoms with Crippen LogP contribution in [0.1, 0.15) is 99.6 Å². The molecule has 0 aliphatic carbocycles. The predicted octanol–water partition coefficient (Wildman–Crippen LogP) is 8.27. The smallest absolute Gasteiger partial charge is 0.410 e. The van der Waals surface area contributed by atoms with Crippen molar-refractivity contribution in [3.8, 4) is 17.1 Å². The number of alkyl halides is 3. The first kappa shape index (κ1) is 38.4. The molecule has 262 valence electrons. The second-order valence-electron chi connectivity index (χ2n) is 14.0. The Morgan fingerprint density at radius 2 is 1.83 bits per heavy atom. The molecule has 3 unspecified atom stereocenters. The van der Waals surface area contributed by atoms with Crippen molar-refractivity contribution in [2.45, 2.75) is 117 Å². The SMILES string of the molecule is CCN(C(=O)OC(C)(C)C)[C@H](C)c1cccc(-c2cn3ccnc3c(OCCC(C)CC(CCC(F)(F)F)N[S+]([O-])C(C)(C)C)n2)c1. The second kappa shape index (κ2) is 15.9. The van der Waals surface area contributed by atoms with E-state index in [2.05, 4.69) is 9.71 Å². The van der Waals surface area contributed by atoms with E-state index in [4.69, 9.17) is 14.5 Å². The Balaban J connectivity index is 1.74. The minimum absolute atomic E-state index is 0.0127. The molecular formula is C34H50F3N5O4S. The van der Waals surface area contributed by atoms with Crippen LogP contribution in [0.3, 0.4) is 0 Å². The van der Waals surface area contributed by atoms with Crippen molar-refractivity contribution >= 4 is 23.1 Å². The molecule has 9 nitrogen and oxygen atoms in total. The van der Waals surface area contributed by atoms with E-state index in [1.807, 2.05) is 76.4 Å². The molecule has 0 aliphatic rings. The summed E-state index contributed by atoms with van der Waals surface area (Å²) in [6.07, 6.45) is 0.516. The number of hydrogen-bond acceptors (Lipinski definition) is 7. The van der Waals surface area contributed by atoms with E-state index < -0.39 is 40.3 Å². The van der Waals surface area contributed by atoms with Gasteiger partial charge in [0.25, 0.3) is 5.88 Å². The Hall–Kier alpha value is -3.03. The molecular weight excluding hydrogens is 631 g/mol. The Bertz CT molecular complexity index is 1450. The van der Waals surface area contributed by atoms with Crippen LogP contribution in [-0.2, 0) is 16.1 Å². The van der Waals surface area contributed by atoms with Gasteiger partial charge in [-0.05, 0) is 92.2 Å². The molecule has 13 heteroatoms. The highest BCUT2D eigenvalue weighted by Crippen LogP contribution is 2.30. The van der Waals surface area contributed by atoms with Crippen molar-refractivity contribution in [2.75, 3.05) is 13.2 Å². The number of rotatable bonds is 14. The second-order valence-corrected chi connectivity index (χ2v) is 16.0. The summed E-state index contributed by atoms with van der Waals surface area (Å²) in [4.78, 5) is 23.7. The number of nitrogens with zero attached hydrogens (tertiary/aromatic N) is 4. The molecule has 0 radical (unpaired) electrons. The first-order valence-corrected chi connectivity index (χ1v) is 17.2. The van der Waals surface area contributed by atoms with Crippen molar-refractivity contribution in [1.29, 1.82) is 0 Å². The Labute approximate surface area is 279 Å². The van der Waals surface area contributed by atoms with Gasteiger partial charge < -0.3 is 23.3 Å². The number of benzene rings is 1. The average Bonchev–Trinajstić information content (AvgIpc) is 3.43. The summed E-state index contributed by atoms with van der Waals surface area (Å²) in [5.74, 6) is 0.323. The third-order valence-corrected chi connectivity index (χ3v) is 9.25. The number of carbonyl (C=O) groups is 1. The topological polar surface area (TPSA) is 104 Å². The zero-order valence-corrected chi connectivity index (χ0v) is 29.8. The van der Waals surface area contributed by atoms with E-state index in [9.17, 15) is 22.5 Å². The molecule has 47 heavy (non-hydrogen) atoms. The molecule has 4 atom stereocenters. The van der Waals surface area contributed by atoms with Crippen LogP contribution in [0.4, 0.5) is 18.0 Å². The largest absolute Gasteiger partial charge is 0.598 e. The first-order valence-electron chi connectivity index (χ1n) is 16.1. The molecule has 3 rings (SSSR count). The van der Waals surface area contributed by atoms with Crippen molar-refractivity contribution in [2.24, 2.45) is 5.92 Å². The summed E-state index contributed by atoms with van der Waals surface area (Å²) in [6.45, 7) is 17.4. The van der Waals surface area contributed by atoms with Gasteiger partial charge in [-0.1, -0.05) is 25.1 Å². The number of aromatic nitrogens is 3. The number of carbonyl (C=O) groups excluding carboxylic acids is 1. The molecule has 0 fully saturated rings. The molecule has 2 heterocycles. The van der Waals surface area contributed by atoms with E-state index >= 15 is 0 Å². The zero-order chi connectivity index (χ0) is 35.2. The van der Waals surface area contributed by atoms with Crippen LogP contribution in [0.5, 0.6) is 5.88 Å². The number of halogens is 3. The van der Waals surface area contributed by atoms with E-state index in [1.54, 1.807) is 38.1 Å². The van der Waals surface area contributed by atoms with Crippen LogP contribution in [0.15, 0.2) is 42.9 Å². The van der Waals surface area contributed by atoms with E-state index in [0.717, 1.165) is 11.1 Å². The van der Waals surface area contributed by atoms with Crippen LogP contribution >= 0.6 is 0 Å². The first-order chi connectivity index (χ1) is 21.8. The van der Waals surface area contributed by atoms with Crippen LogP contribution in [0, 0.1) is 5.92 Å². The number of imidazole rings is 1. The molecule has 0 aliphatic heterocycles. The average molecular weight is 682 g/mol. The van der Waals surface area contributed by atoms with Crippen molar-refractivity contribution in [3.05, 3.63) is 48.4 Å². The Morgan fingerprint density at radius 3 is 2.45 bits per heavy atom. The number of ether oxygens (including phenoxy) is 2. The molecule has 1 aromatic carbocycles. The lowest BCUT2D eigenvalue weighted by Gasteiger charge is -2.31. The molecule has 0 spiro atoms. The van der Waals surface area contributed by atoms with Gasteiger partial charge in [0, 0.05) is 48.5 Å². The number of nitrogens with one attached hydrogen (secondary N) is 1. The monoisotopic (exact) mass is 681 g/mol. The third-order valence-electron chi connectivity index (χ3n) is 7.59. The summed E-state index contributed by atoms with van der Waals surface area (Å²) in [6, 6.07) is 7.00. The van der Waals surface area contributed by atoms with Crippen LogP contribution in [0.25, 0.3) is 16.9 Å². The molecule has 0 saturated heterocycles. The van der Waals surface area contributed by atoms with Crippen molar-refractivity contribution in [3.63, 3.8) is 0 Å². The highest BCUT2D eigenvalue weighted by atomic mass is 32.2. The lowest BCUT2D eigenvalue weighted by atomic mass is 9.96. The van der Waals surface area contributed by atoms with Gasteiger partial charge in [-0.25, -0.2) is 14.8 Å². The van der Waals surface area contributed by atoms with Gasteiger partial charge in [-0.3, -0.25) is 0 Å². The minimum Gasteiger partial charge on any atom is -0.598 e. The molecule has 1 amide bonds. The fraction of sp³-hybridized carbons (Fsp3) is 0.618. The van der Waals surface area contributed by atoms with Gasteiger partial charge in [-0.2, -0.15) is 13.2 Å². The number of amides is 1. The Morgan fingerprint density at radius 1 is 1.13 bits per heavy atom. The third kappa shape index (κ3) is 11.9. The highest BCUT2D eigenvalue weighted by molar-refractivity contribution is 7.90. The van der Waals surface area contributed by atoms with E-state index in [-0.39, 0.29) is 31.1 Å². The summed E-state index contributed by atoms with van der Waals surface area (Å²) in [7, 11) is 0. The fourth-order valence-corrected chi connectivity index (χ4v) is 5.88. The lowest BCUT2D eigenvalue weighted by molar-refractivity contribution is -0.136. The molecule has 0 bridgehead atoms. The maximum absolute atomic E-state index is 13.0. The minimum atomic E-state index is -4.28. The van der Waals surface area contributed by atoms with Gasteiger partial charge in [0.1, 0.15) is 10.3 Å². The molecule has 2 aromatic heterocycles. The molecule has 3 aromatic rings. The van der Waals surface area contributed by atoms with Crippen LogP contribution < -0.4 is 9.46 Å². The molecule has 0 saturated carbocycles. The lowest BCUT2D eigenvalue weighted by Crippen LogP contribution is -2.45. The van der Waals surface area contributed by atoms with Gasteiger partial charge in [0.05, 0.1) is 24.4 Å². The fourth-order valence-electron chi connectivity index (χ4n) is 5.01. The quantitative estimate of drug-likeness (QED) is 0.171. The van der Waals surface area contributed by atoms with E-state index in [1.165, 1.54) is 0 Å². The maximum atomic E-state index is 13.0. The van der Waals surface area contributed by atoms with Crippen molar-refractivity contribution in [1.82, 2.24) is 24.0 Å². The Kier molecular flexibility index (Phi) is 13.0. The van der Waals surface area contributed by atoms with Gasteiger partial charge in [-0.15, -0.1) is 4.72 Å².